The van der Waals surface area contributed by atoms with Crippen molar-refractivity contribution in [3.8, 4) is 11.6 Å². The monoisotopic (exact) mass is 431 g/mol. The molecule has 1 aromatic heterocycles. The summed E-state index contributed by atoms with van der Waals surface area (Å²) in [5.74, 6) is 1.15. The van der Waals surface area contributed by atoms with E-state index in [1.165, 1.54) is 0 Å². The average Bonchev–Trinajstić information content (AvgIpc) is 2.81. The normalized spacial score (nSPS) is 17.7. The predicted molar refractivity (Wildman–Crippen MR) is 115 cm³/mol. The van der Waals surface area contributed by atoms with Gasteiger partial charge in [0.25, 0.3) is 5.91 Å². The third-order valence-electron chi connectivity index (χ3n) is 5.51. The molecule has 1 amide bonds. The van der Waals surface area contributed by atoms with Crippen LogP contribution in [-0.4, -0.2) is 68.4 Å². The van der Waals surface area contributed by atoms with Crippen LogP contribution in [0, 0.1) is 0 Å². The van der Waals surface area contributed by atoms with Crippen molar-refractivity contribution in [2.45, 2.75) is 18.9 Å². The number of ether oxygens (including phenoxy) is 3. The first-order valence-corrected chi connectivity index (χ1v) is 10.6. The van der Waals surface area contributed by atoms with Crippen LogP contribution >= 0.6 is 11.6 Å². The lowest BCUT2D eigenvalue weighted by atomic mass is 10.1. The second-order valence-electron chi connectivity index (χ2n) is 7.42. The summed E-state index contributed by atoms with van der Waals surface area (Å²) in [6.07, 6.45) is 3.24. The van der Waals surface area contributed by atoms with Gasteiger partial charge in [-0.1, -0.05) is 11.6 Å². The summed E-state index contributed by atoms with van der Waals surface area (Å²) in [5.41, 5.74) is 1.61. The van der Waals surface area contributed by atoms with E-state index in [0.29, 0.717) is 42.8 Å². The lowest BCUT2D eigenvalue weighted by Gasteiger charge is -2.36. The molecule has 2 aliphatic heterocycles. The third-order valence-corrected chi connectivity index (χ3v) is 5.78. The van der Waals surface area contributed by atoms with Gasteiger partial charge in [0.2, 0.25) is 5.88 Å². The van der Waals surface area contributed by atoms with Crippen LogP contribution in [0.5, 0.6) is 11.6 Å². The Labute approximate surface area is 181 Å². The van der Waals surface area contributed by atoms with Crippen molar-refractivity contribution >= 4 is 23.2 Å². The lowest BCUT2D eigenvalue weighted by molar-refractivity contribution is 0.0238. The summed E-state index contributed by atoms with van der Waals surface area (Å²) < 4.78 is 16.4. The molecule has 0 saturated carbocycles. The maximum atomic E-state index is 12.9. The maximum Gasteiger partial charge on any atom is 0.255 e. The standard InChI is InChI=1S/C22H26ClN3O4/c1-28-18-4-2-17(3-5-18)25-8-10-26(11-9-25)22(27)16-14-20(23)21(24-15-16)30-19-6-12-29-13-7-19/h2-5,14-15,19H,6-13H2,1H3. The molecule has 7 nitrogen and oxygen atoms in total. The van der Waals surface area contributed by atoms with Crippen molar-refractivity contribution in [3.63, 3.8) is 0 Å². The van der Waals surface area contributed by atoms with Gasteiger partial charge in [0.1, 0.15) is 16.9 Å². The number of halogens is 1. The quantitative estimate of drug-likeness (QED) is 0.724. The highest BCUT2D eigenvalue weighted by molar-refractivity contribution is 6.32. The Morgan fingerprint density at radius 3 is 2.47 bits per heavy atom. The number of benzene rings is 1. The van der Waals surface area contributed by atoms with Gasteiger partial charge in [0.05, 0.1) is 25.9 Å². The number of methoxy groups -OCH3 is 1. The number of anilines is 1. The van der Waals surface area contributed by atoms with E-state index in [0.717, 1.165) is 37.4 Å². The fourth-order valence-electron chi connectivity index (χ4n) is 3.72. The fourth-order valence-corrected chi connectivity index (χ4v) is 3.93. The Balaban J connectivity index is 1.34. The van der Waals surface area contributed by atoms with E-state index < -0.39 is 0 Å². The number of aromatic nitrogens is 1. The van der Waals surface area contributed by atoms with Crippen LogP contribution in [0.2, 0.25) is 5.02 Å². The van der Waals surface area contributed by atoms with Gasteiger partial charge in [-0.05, 0) is 30.3 Å². The number of rotatable bonds is 5. The summed E-state index contributed by atoms with van der Waals surface area (Å²) in [5, 5.41) is 0.365. The van der Waals surface area contributed by atoms with Gasteiger partial charge in [0, 0.05) is 50.9 Å². The number of carbonyl (C=O) groups is 1. The Bertz CT molecular complexity index is 863. The molecule has 0 bridgehead atoms. The molecule has 2 aliphatic rings. The van der Waals surface area contributed by atoms with Gasteiger partial charge in [0.15, 0.2) is 0 Å². The minimum Gasteiger partial charge on any atom is -0.497 e. The second kappa shape index (κ2) is 9.53. The van der Waals surface area contributed by atoms with Gasteiger partial charge in [-0.2, -0.15) is 0 Å². The number of pyridine rings is 1. The van der Waals surface area contributed by atoms with Gasteiger partial charge in [-0.15, -0.1) is 0 Å². The van der Waals surface area contributed by atoms with Crippen molar-refractivity contribution < 1.29 is 19.0 Å². The summed E-state index contributed by atoms with van der Waals surface area (Å²) in [7, 11) is 1.66. The highest BCUT2D eigenvalue weighted by Gasteiger charge is 2.24. The fraction of sp³-hybridized carbons (Fsp3) is 0.455. The zero-order valence-corrected chi connectivity index (χ0v) is 17.8. The summed E-state index contributed by atoms with van der Waals surface area (Å²) >= 11 is 6.35. The van der Waals surface area contributed by atoms with Crippen molar-refractivity contribution in [2.24, 2.45) is 0 Å². The van der Waals surface area contributed by atoms with E-state index in [2.05, 4.69) is 9.88 Å². The molecular formula is C22H26ClN3O4. The number of amides is 1. The van der Waals surface area contributed by atoms with Crippen LogP contribution in [0.3, 0.4) is 0 Å². The van der Waals surface area contributed by atoms with E-state index in [1.54, 1.807) is 19.4 Å². The molecule has 0 radical (unpaired) electrons. The Kier molecular flexibility index (Phi) is 6.59. The van der Waals surface area contributed by atoms with Crippen LogP contribution in [0.4, 0.5) is 5.69 Å². The first-order chi connectivity index (χ1) is 14.6. The molecule has 2 saturated heterocycles. The second-order valence-corrected chi connectivity index (χ2v) is 7.83. The number of carbonyl (C=O) groups excluding carboxylic acids is 1. The average molecular weight is 432 g/mol. The number of hydrogen-bond donors (Lipinski definition) is 0. The molecule has 0 unspecified atom stereocenters. The first kappa shape index (κ1) is 20.8. The molecule has 2 fully saturated rings. The Hall–Kier alpha value is -2.51. The van der Waals surface area contributed by atoms with Crippen molar-refractivity contribution in [1.82, 2.24) is 9.88 Å². The maximum absolute atomic E-state index is 12.9. The zero-order chi connectivity index (χ0) is 20.9. The summed E-state index contributed by atoms with van der Waals surface area (Å²) in [6, 6.07) is 9.63. The molecule has 4 rings (SSSR count). The summed E-state index contributed by atoms with van der Waals surface area (Å²) in [4.78, 5) is 21.3. The van der Waals surface area contributed by atoms with E-state index in [-0.39, 0.29) is 12.0 Å². The third kappa shape index (κ3) is 4.79. The lowest BCUT2D eigenvalue weighted by Crippen LogP contribution is -2.48. The molecule has 3 heterocycles. The molecule has 160 valence electrons. The van der Waals surface area contributed by atoms with Crippen LogP contribution in [0.25, 0.3) is 0 Å². The minimum absolute atomic E-state index is 0.0522. The van der Waals surface area contributed by atoms with Gasteiger partial charge in [-0.3, -0.25) is 4.79 Å². The van der Waals surface area contributed by atoms with E-state index in [4.69, 9.17) is 25.8 Å². The molecule has 8 heteroatoms. The van der Waals surface area contributed by atoms with Crippen LogP contribution in [0.15, 0.2) is 36.5 Å². The first-order valence-electron chi connectivity index (χ1n) is 10.2. The minimum atomic E-state index is -0.0589. The predicted octanol–water partition coefficient (Wildman–Crippen LogP) is 3.26. The zero-order valence-electron chi connectivity index (χ0n) is 17.1. The Morgan fingerprint density at radius 2 is 1.83 bits per heavy atom. The Morgan fingerprint density at radius 1 is 1.13 bits per heavy atom. The van der Waals surface area contributed by atoms with Crippen molar-refractivity contribution in [2.75, 3.05) is 51.4 Å². The van der Waals surface area contributed by atoms with Crippen LogP contribution in [0.1, 0.15) is 23.2 Å². The number of hydrogen-bond acceptors (Lipinski definition) is 6. The van der Waals surface area contributed by atoms with Crippen LogP contribution in [-0.2, 0) is 4.74 Å². The number of piperazine rings is 1. The molecule has 0 N–H and O–H groups in total. The number of nitrogens with zero attached hydrogens (tertiary/aromatic N) is 3. The highest BCUT2D eigenvalue weighted by atomic mass is 35.5. The highest BCUT2D eigenvalue weighted by Crippen LogP contribution is 2.27. The molecule has 0 aliphatic carbocycles. The molecular weight excluding hydrogens is 406 g/mol. The topological polar surface area (TPSA) is 64.1 Å². The van der Waals surface area contributed by atoms with E-state index >= 15 is 0 Å². The van der Waals surface area contributed by atoms with Crippen LogP contribution < -0.4 is 14.4 Å². The smallest absolute Gasteiger partial charge is 0.255 e. The molecule has 1 aromatic carbocycles. The molecule has 0 atom stereocenters. The van der Waals surface area contributed by atoms with Gasteiger partial charge in [-0.25, -0.2) is 4.98 Å². The molecule has 0 spiro atoms. The molecule has 30 heavy (non-hydrogen) atoms. The van der Waals surface area contributed by atoms with Crippen molar-refractivity contribution in [1.29, 1.82) is 0 Å². The van der Waals surface area contributed by atoms with Gasteiger partial charge < -0.3 is 24.0 Å². The van der Waals surface area contributed by atoms with Gasteiger partial charge >= 0.3 is 0 Å². The van der Waals surface area contributed by atoms with E-state index in [9.17, 15) is 4.79 Å². The largest absolute Gasteiger partial charge is 0.497 e. The molecule has 2 aromatic rings. The van der Waals surface area contributed by atoms with Crippen molar-refractivity contribution in [3.05, 3.63) is 47.1 Å². The summed E-state index contributed by atoms with van der Waals surface area (Å²) in [6.45, 7) is 4.18. The van der Waals surface area contributed by atoms with E-state index in [1.807, 2.05) is 29.2 Å². The SMILES string of the molecule is COc1ccc(N2CCN(C(=O)c3cnc(OC4CCOCC4)c(Cl)c3)CC2)cc1.